The Labute approximate surface area is 161 Å². The molecule has 0 saturated heterocycles. The molecule has 1 atom stereocenters. The summed E-state index contributed by atoms with van der Waals surface area (Å²) in [6.45, 7) is 2.11. The number of halogens is 3. The SMILES string of the molecule is C[C@@H](O)c1cc(F)ccc1N=C(C=C(N)C(F)F)CC(C=NCC1CC1)=NN. The van der Waals surface area contributed by atoms with E-state index in [0.717, 1.165) is 31.1 Å². The van der Waals surface area contributed by atoms with Crippen LogP contribution in [0.5, 0.6) is 0 Å². The number of benzene rings is 1. The average molecular weight is 395 g/mol. The van der Waals surface area contributed by atoms with E-state index < -0.39 is 24.0 Å². The fourth-order valence-electron chi connectivity index (χ4n) is 2.41. The number of rotatable bonds is 9. The first kappa shape index (κ1) is 21.6. The zero-order chi connectivity index (χ0) is 20.7. The van der Waals surface area contributed by atoms with Crippen LogP contribution >= 0.6 is 0 Å². The third-order valence-corrected chi connectivity index (χ3v) is 4.12. The standard InChI is InChI=1S/C19H24F3N5O/c1-11(28)16-6-13(20)4-5-18(16)26-14(8-17(23)19(21)22)7-15(27-24)10-25-9-12-2-3-12/h4-6,8,10-12,19,28H,2-3,7,9,23-24H2,1H3/t11-/m1/s1. The van der Waals surface area contributed by atoms with Gasteiger partial charge in [0.25, 0.3) is 6.43 Å². The van der Waals surface area contributed by atoms with Crippen molar-refractivity contribution in [2.24, 2.45) is 32.6 Å². The van der Waals surface area contributed by atoms with Gasteiger partial charge in [0.15, 0.2) is 0 Å². The van der Waals surface area contributed by atoms with Gasteiger partial charge in [-0.25, -0.2) is 13.2 Å². The summed E-state index contributed by atoms with van der Waals surface area (Å²) in [6.07, 6.45) is 0.917. The number of aliphatic imine (C=N–C) groups is 2. The maximum atomic E-state index is 13.5. The number of hydrazone groups is 1. The highest BCUT2D eigenvalue weighted by Gasteiger charge is 2.20. The highest BCUT2D eigenvalue weighted by atomic mass is 19.3. The summed E-state index contributed by atoms with van der Waals surface area (Å²) in [5.74, 6) is 5.42. The molecule has 28 heavy (non-hydrogen) atoms. The Balaban J connectivity index is 2.34. The molecule has 9 heteroatoms. The first-order valence-corrected chi connectivity index (χ1v) is 8.87. The molecule has 1 saturated carbocycles. The van der Waals surface area contributed by atoms with Crippen molar-refractivity contribution in [3.05, 3.63) is 41.4 Å². The lowest BCUT2D eigenvalue weighted by molar-refractivity contribution is 0.188. The lowest BCUT2D eigenvalue weighted by Crippen LogP contribution is -2.15. The average Bonchev–Trinajstić information content (AvgIpc) is 3.46. The van der Waals surface area contributed by atoms with Crippen molar-refractivity contribution < 1.29 is 18.3 Å². The molecule has 0 aromatic heterocycles. The molecule has 0 heterocycles. The zero-order valence-electron chi connectivity index (χ0n) is 15.5. The largest absolute Gasteiger partial charge is 0.397 e. The van der Waals surface area contributed by atoms with Crippen LogP contribution in [0.2, 0.25) is 0 Å². The Kier molecular flexibility index (Phi) is 7.74. The lowest BCUT2D eigenvalue weighted by atomic mass is 10.1. The van der Waals surface area contributed by atoms with Crippen LogP contribution < -0.4 is 11.6 Å². The van der Waals surface area contributed by atoms with Crippen LogP contribution in [-0.2, 0) is 0 Å². The number of hydrogen-bond acceptors (Lipinski definition) is 6. The first-order chi connectivity index (χ1) is 13.3. The summed E-state index contributed by atoms with van der Waals surface area (Å²) in [7, 11) is 0. The predicted molar refractivity (Wildman–Crippen MR) is 105 cm³/mol. The van der Waals surface area contributed by atoms with Gasteiger partial charge in [0.05, 0.1) is 23.2 Å². The summed E-state index contributed by atoms with van der Waals surface area (Å²) in [5.41, 5.74) is 5.61. The number of aliphatic hydroxyl groups excluding tert-OH is 1. The number of nitrogens with two attached hydrogens (primary N) is 2. The number of allylic oxidation sites excluding steroid dienone is 2. The Morgan fingerprint density at radius 2 is 2.04 bits per heavy atom. The van der Waals surface area contributed by atoms with E-state index in [1.165, 1.54) is 19.2 Å². The van der Waals surface area contributed by atoms with E-state index in [2.05, 4.69) is 15.1 Å². The summed E-state index contributed by atoms with van der Waals surface area (Å²) < 4.78 is 39.3. The molecule has 5 N–H and O–H groups in total. The number of nitrogens with zero attached hydrogens (tertiary/aromatic N) is 3. The monoisotopic (exact) mass is 395 g/mol. The zero-order valence-corrected chi connectivity index (χ0v) is 15.5. The molecule has 1 aromatic carbocycles. The molecule has 6 nitrogen and oxygen atoms in total. The van der Waals surface area contributed by atoms with Gasteiger partial charge in [-0.1, -0.05) is 0 Å². The minimum Gasteiger partial charge on any atom is -0.397 e. The van der Waals surface area contributed by atoms with Crippen molar-refractivity contribution in [2.75, 3.05) is 6.54 Å². The Bertz CT molecular complexity index is 799. The minimum absolute atomic E-state index is 0.00525. The summed E-state index contributed by atoms with van der Waals surface area (Å²) >= 11 is 0. The molecular weight excluding hydrogens is 371 g/mol. The normalized spacial score (nSPS) is 17.6. The third-order valence-electron chi connectivity index (χ3n) is 4.12. The van der Waals surface area contributed by atoms with E-state index in [1.807, 2.05) is 0 Å². The van der Waals surface area contributed by atoms with Crippen LogP contribution in [0.25, 0.3) is 0 Å². The maximum absolute atomic E-state index is 13.5. The first-order valence-electron chi connectivity index (χ1n) is 8.87. The Morgan fingerprint density at radius 3 is 2.61 bits per heavy atom. The lowest BCUT2D eigenvalue weighted by Gasteiger charge is -2.11. The van der Waals surface area contributed by atoms with E-state index in [9.17, 15) is 18.3 Å². The van der Waals surface area contributed by atoms with Crippen LogP contribution in [0.15, 0.2) is 45.1 Å². The molecule has 1 aromatic rings. The summed E-state index contributed by atoms with van der Waals surface area (Å²) in [6, 6.07) is 3.65. The Morgan fingerprint density at radius 1 is 1.32 bits per heavy atom. The molecule has 0 spiro atoms. The molecule has 152 valence electrons. The molecule has 2 rings (SSSR count). The summed E-state index contributed by atoms with van der Waals surface area (Å²) in [5, 5.41) is 13.5. The fourth-order valence-corrected chi connectivity index (χ4v) is 2.41. The van der Waals surface area contributed by atoms with Crippen molar-refractivity contribution in [3.8, 4) is 0 Å². The van der Waals surface area contributed by atoms with Gasteiger partial charge in [-0.3, -0.25) is 9.98 Å². The molecule has 0 aliphatic heterocycles. The minimum atomic E-state index is -2.86. The van der Waals surface area contributed by atoms with E-state index in [4.69, 9.17) is 11.6 Å². The highest BCUT2D eigenvalue weighted by Crippen LogP contribution is 2.29. The quantitative estimate of drug-likeness (QED) is 0.339. The van der Waals surface area contributed by atoms with Crippen molar-refractivity contribution in [1.82, 2.24) is 0 Å². The second kappa shape index (κ2) is 10.0. The molecule has 1 aliphatic carbocycles. The Hall–Kier alpha value is -2.68. The van der Waals surface area contributed by atoms with Gasteiger partial charge in [0.2, 0.25) is 0 Å². The molecule has 1 fully saturated rings. The van der Waals surface area contributed by atoms with Crippen LogP contribution in [0.4, 0.5) is 18.9 Å². The second-order valence-electron chi connectivity index (χ2n) is 6.66. The number of hydrogen-bond donors (Lipinski definition) is 3. The van der Waals surface area contributed by atoms with Crippen LogP contribution in [0.3, 0.4) is 0 Å². The molecule has 1 aliphatic rings. The van der Waals surface area contributed by atoms with E-state index >= 15 is 0 Å². The van der Waals surface area contributed by atoms with Gasteiger partial charge in [0.1, 0.15) is 5.82 Å². The van der Waals surface area contributed by atoms with Crippen LogP contribution in [0, 0.1) is 11.7 Å². The fraction of sp³-hybridized carbons (Fsp3) is 0.421. The van der Waals surface area contributed by atoms with Crippen LogP contribution in [-0.4, -0.2) is 35.7 Å². The molecule has 0 amide bonds. The molecule has 0 radical (unpaired) electrons. The highest BCUT2D eigenvalue weighted by molar-refractivity contribution is 6.36. The van der Waals surface area contributed by atoms with E-state index in [0.29, 0.717) is 18.2 Å². The smallest absolute Gasteiger partial charge is 0.277 e. The van der Waals surface area contributed by atoms with Gasteiger partial charge in [-0.2, -0.15) is 5.10 Å². The van der Waals surface area contributed by atoms with Gasteiger partial charge >= 0.3 is 0 Å². The van der Waals surface area contributed by atoms with Crippen molar-refractivity contribution in [2.45, 2.75) is 38.7 Å². The van der Waals surface area contributed by atoms with Gasteiger partial charge in [-0.15, -0.1) is 0 Å². The number of alkyl halides is 2. The van der Waals surface area contributed by atoms with Gasteiger partial charge < -0.3 is 16.7 Å². The maximum Gasteiger partial charge on any atom is 0.277 e. The van der Waals surface area contributed by atoms with Crippen molar-refractivity contribution >= 4 is 23.3 Å². The molecular formula is C19H24F3N5O. The van der Waals surface area contributed by atoms with E-state index in [-0.39, 0.29) is 23.4 Å². The molecule has 0 bridgehead atoms. The van der Waals surface area contributed by atoms with Gasteiger partial charge in [0, 0.05) is 30.5 Å². The second-order valence-corrected chi connectivity index (χ2v) is 6.66. The van der Waals surface area contributed by atoms with E-state index in [1.54, 1.807) is 0 Å². The third kappa shape index (κ3) is 6.80. The number of aliphatic hydroxyl groups is 1. The summed E-state index contributed by atoms with van der Waals surface area (Å²) in [4.78, 5) is 8.54. The molecule has 0 unspecified atom stereocenters. The topological polar surface area (TPSA) is 109 Å². The van der Waals surface area contributed by atoms with Crippen molar-refractivity contribution in [1.29, 1.82) is 0 Å². The van der Waals surface area contributed by atoms with Crippen LogP contribution in [0.1, 0.15) is 37.9 Å². The van der Waals surface area contributed by atoms with Crippen molar-refractivity contribution in [3.63, 3.8) is 0 Å². The van der Waals surface area contributed by atoms with Gasteiger partial charge in [-0.05, 0) is 50.0 Å². The predicted octanol–water partition coefficient (Wildman–Crippen LogP) is 3.24.